The highest BCUT2D eigenvalue weighted by atomic mass is 35.5. The lowest BCUT2D eigenvalue weighted by molar-refractivity contribution is -0.116. The fraction of sp³-hybridized carbons (Fsp3) is 0.227. The first kappa shape index (κ1) is 23.0. The van der Waals surface area contributed by atoms with Crippen LogP contribution in [0.1, 0.15) is 29.3 Å². The smallest absolute Gasteiger partial charge is 0.434 e. The molecule has 2 aromatic rings. The lowest BCUT2D eigenvalue weighted by Gasteiger charge is -2.07. The van der Waals surface area contributed by atoms with E-state index in [0.717, 1.165) is 5.56 Å². The molecule has 8 heteroatoms. The first-order valence-corrected chi connectivity index (χ1v) is 9.80. The van der Waals surface area contributed by atoms with E-state index in [0.29, 0.717) is 35.8 Å². The molecule has 0 bridgehead atoms. The van der Waals surface area contributed by atoms with Crippen LogP contribution in [0.25, 0.3) is 6.08 Å². The van der Waals surface area contributed by atoms with Crippen LogP contribution in [0.4, 0.5) is 4.79 Å². The van der Waals surface area contributed by atoms with Crippen molar-refractivity contribution in [2.24, 2.45) is 0 Å². The average molecular weight is 431 g/mol. The SMILES string of the molecule is CCOC(=O)Oc1ccc(C(=O)NCCCNC(=O)/C=C/c2cccc(Cl)c2)cc1. The van der Waals surface area contributed by atoms with Gasteiger partial charge in [-0.25, -0.2) is 4.79 Å². The fourth-order valence-electron chi connectivity index (χ4n) is 2.36. The minimum Gasteiger partial charge on any atom is -0.434 e. The van der Waals surface area contributed by atoms with Crippen molar-refractivity contribution >= 4 is 35.6 Å². The number of carbonyl (C=O) groups is 3. The summed E-state index contributed by atoms with van der Waals surface area (Å²) in [6, 6.07) is 13.3. The number of halogens is 1. The zero-order valence-corrected chi connectivity index (χ0v) is 17.3. The van der Waals surface area contributed by atoms with Gasteiger partial charge in [0.05, 0.1) is 6.61 Å². The van der Waals surface area contributed by atoms with Gasteiger partial charge in [-0.05, 0) is 61.4 Å². The summed E-state index contributed by atoms with van der Waals surface area (Å²) in [6.07, 6.45) is 2.90. The van der Waals surface area contributed by atoms with Crippen LogP contribution in [0.15, 0.2) is 54.6 Å². The van der Waals surface area contributed by atoms with Crippen molar-refractivity contribution in [1.82, 2.24) is 10.6 Å². The van der Waals surface area contributed by atoms with Gasteiger partial charge in [-0.1, -0.05) is 23.7 Å². The Kier molecular flexibility index (Phi) is 9.40. The van der Waals surface area contributed by atoms with Gasteiger partial charge in [0.1, 0.15) is 5.75 Å². The molecule has 0 spiro atoms. The number of carbonyl (C=O) groups excluding carboxylic acids is 3. The van der Waals surface area contributed by atoms with Gasteiger partial charge in [0.2, 0.25) is 5.91 Å². The minimum atomic E-state index is -0.792. The van der Waals surface area contributed by atoms with Crippen molar-refractivity contribution in [2.45, 2.75) is 13.3 Å². The van der Waals surface area contributed by atoms with Gasteiger partial charge in [-0.3, -0.25) is 9.59 Å². The fourth-order valence-corrected chi connectivity index (χ4v) is 2.56. The molecule has 0 aliphatic rings. The molecule has 30 heavy (non-hydrogen) atoms. The van der Waals surface area contributed by atoms with E-state index in [1.807, 2.05) is 12.1 Å². The Morgan fingerprint density at radius 1 is 1.03 bits per heavy atom. The molecule has 0 fully saturated rings. The van der Waals surface area contributed by atoms with Gasteiger partial charge < -0.3 is 20.1 Å². The summed E-state index contributed by atoms with van der Waals surface area (Å²) >= 11 is 5.89. The van der Waals surface area contributed by atoms with Crippen molar-refractivity contribution < 1.29 is 23.9 Å². The molecule has 0 aliphatic carbocycles. The van der Waals surface area contributed by atoms with Crippen LogP contribution in [0.5, 0.6) is 5.75 Å². The zero-order chi connectivity index (χ0) is 21.8. The Morgan fingerprint density at radius 2 is 1.77 bits per heavy atom. The van der Waals surface area contributed by atoms with E-state index in [9.17, 15) is 14.4 Å². The second-order valence-corrected chi connectivity index (χ2v) is 6.53. The Hall–Kier alpha value is -3.32. The van der Waals surface area contributed by atoms with Gasteiger partial charge in [0, 0.05) is 29.8 Å². The van der Waals surface area contributed by atoms with Crippen molar-refractivity contribution in [2.75, 3.05) is 19.7 Å². The van der Waals surface area contributed by atoms with E-state index in [-0.39, 0.29) is 18.4 Å². The second kappa shape index (κ2) is 12.3. The summed E-state index contributed by atoms with van der Waals surface area (Å²) in [5.74, 6) is -0.193. The third-order valence-electron chi connectivity index (χ3n) is 3.79. The van der Waals surface area contributed by atoms with E-state index in [1.54, 1.807) is 37.3 Å². The number of hydrogen-bond donors (Lipinski definition) is 2. The van der Waals surface area contributed by atoms with Gasteiger partial charge in [0.25, 0.3) is 5.91 Å². The summed E-state index contributed by atoms with van der Waals surface area (Å²) in [5.41, 5.74) is 1.27. The normalized spacial score (nSPS) is 10.5. The van der Waals surface area contributed by atoms with Crippen LogP contribution in [-0.2, 0) is 9.53 Å². The van der Waals surface area contributed by atoms with E-state index >= 15 is 0 Å². The number of benzene rings is 2. The van der Waals surface area contributed by atoms with Gasteiger partial charge in [-0.15, -0.1) is 0 Å². The van der Waals surface area contributed by atoms with Crippen LogP contribution >= 0.6 is 11.6 Å². The second-order valence-electron chi connectivity index (χ2n) is 6.10. The number of amides is 2. The first-order valence-electron chi connectivity index (χ1n) is 9.42. The molecule has 2 N–H and O–H groups in total. The number of rotatable bonds is 9. The third-order valence-corrected chi connectivity index (χ3v) is 4.03. The summed E-state index contributed by atoms with van der Waals surface area (Å²) in [7, 11) is 0. The molecule has 0 aromatic heterocycles. The molecular formula is C22H23ClN2O5. The molecule has 0 radical (unpaired) electrons. The quantitative estimate of drug-likeness (QED) is 0.273. The monoisotopic (exact) mass is 430 g/mol. The lowest BCUT2D eigenvalue weighted by Crippen LogP contribution is -2.29. The Labute approximate surface area is 180 Å². The van der Waals surface area contributed by atoms with Gasteiger partial charge in [-0.2, -0.15) is 0 Å². The standard InChI is InChI=1S/C22H23ClN2O5/c1-2-29-22(28)30-19-10-8-17(9-11-19)21(27)25-14-4-13-24-20(26)12-7-16-5-3-6-18(23)15-16/h3,5-12,15H,2,4,13-14H2,1H3,(H,24,26)(H,25,27)/b12-7+. The van der Waals surface area contributed by atoms with Gasteiger partial charge in [0.15, 0.2) is 0 Å². The topological polar surface area (TPSA) is 93.7 Å². The Balaban J connectivity index is 1.65. The predicted molar refractivity (Wildman–Crippen MR) is 115 cm³/mol. The highest BCUT2D eigenvalue weighted by Crippen LogP contribution is 2.13. The van der Waals surface area contributed by atoms with Crippen LogP contribution in [-0.4, -0.2) is 37.7 Å². The highest BCUT2D eigenvalue weighted by molar-refractivity contribution is 6.30. The molecular weight excluding hydrogens is 408 g/mol. The van der Waals surface area contributed by atoms with Crippen molar-refractivity contribution in [3.8, 4) is 5.75 Å². The molecule has 0 saturated carbocycles. The molecule has 158 valence electrons. The van der Waals surface area contributed by atoms with Crippen LogP contribution in [0, 0.1) is 0 Å². The molecule has 0 unspecified atom stereocenters. The van der Waals surface area contributed by atoms with Gasteiger partial charge >= 0.3 is 6.16 Å². The highest BCUT2D eigenvalue weighted by Gasteiger charge is 2.08. The number of hydrogen-bond acceptors (Lipinski definition) is 5. The Morgan fingerprint density at radius 3 is 2.47 bits per heavy atom. The van der Waals surface area contributed by atoms with E-state index in [4.69, 9.17) is 16.3 Å². The zero-order valence-electron chi connectivity index (χ0n) is 16.5. The van der Waals surface area contributed by atoms with Crippen LogP contribution < -0.4 is 15.4 Å². The minimum absolute atomic E-state index is 0.220. The Bertz CT molecular complexity index is 897. The molecule has 2 amide bonds. The first-order chi connectivity index (χ1) is 14.5. The summed E-state index contributed by atoms with van der Waals surface area (Å²) in [6.45, 7) is 2.72. The molecule has 0 heterocycles. The maximum absolute atomic E-state index is 12.1. The summed E-state index contributed by atoms with van der Waals surface area (Å²) in [4.78, 5) is 35.2. The van der Waals surface area contributed by atoms with Crippen LogP contribution in [0.2, 0.25) is 5.02 Å². The predicted octanol–water partition coefficient (Wildman–Crippen LogP) is 3.82. The van der Waals surface area contributed by atoms with Crippen molar-refractivity contribution in [3.05, 3.63) is 70.8 Å². The average Bonchev–Trinajstić information content (AvgIpc) is 2.72. The van der Waals surface area contributed by atoms with Crippen molar-refractivity contribution in [3.63, 3.8) is 0 Å². The summed E-state index contributed by atoms with van der Waals surface area (Å²) in [5, 5.41) is 6.11. The van der Waals surface area contributed by atoms with E-state index in [2.05, 4.69) is 15.4 Å². The largest absolute Gasteiger partial charge is 0.513 e. The molecule has 0 atom stereocenters. The molecule has 0 aliphatic heterocycles. The van der Waals surface area contributed by atoms with Crippen molar-refractivity contribution in [1.29, 1.82) is 0 Å². The molecule has 0 saturated heterocycles. The molecule has 2 aromatic carbocycles. The maximum Gasteiger partial charge on any atom is 0.513 e. The molecule has 2 rings (SSSR count). The van der Waals surface area contributed by atoms with Crippen LogP contribution in [0.3, 0.4) is 0 Å². The number of nitrogens with one attached hydrogen (secondary N) is 2. The maximum atomic E-state index is 12.1. The lowest BCUT2D eigenvalue weighted by atomic mass is 10.2. The van der Waals surface area contributed by atoms with E-state index in [1.165, 1.54) is 18.2 Å². The summed E-state index contributed by atoms with van der Waals surface area (Å²) < 4.78 is 9.61. The third kappa shape index (κ3) is 8.36. The van der Waals surface area contributed by atoms with E-state index < -0.39 is 6.16 Å². The number of ether oxygens (including phenoxy) is 2. The molecule has 7 nitrogen and oxygen atoms in total.